The largest absolute Gasteiger partial charge is 0.497 e. The van der Waals surface area contributed by atoms with Gasteiger partial charge < -0.3 is 9.64 Å². The monoisotopic (exact) mass is 302 g/mol. The molecule has 21 heavy (non-hydrogen) atoms. The SMILES string of the molecule is COc1cccc(CCC2CCCN(c3nccs3)C2)c1. The molecule has 1 aliphatic heterocycles. The molecule has 0 aliphatic carbocycles. The summed E-state index contributed by atoms with van der Waals surface area (Å²) in [6.45, 7) is 2.31. The van der Waals surface area contributed by atoms with E-state index in [0.717, 1.165) is 31.2 Å². The summed E-state index contributed by atoms with van der Waals surface area (Å²) in [6, 6.07) is 8.44. The highest BCUT2D eigenvalue weighted by Crippen LogP contribution is 2.27. The number of rotatable bonds is 5. The Morgan fingerprint density at radius 2 is 2.38 bits per heavy atom. The third kappa shape index (κ3) is 3.76. The lowest BCUT2D eigenvalue weighted by molar-refractivity contribution is 0.390. The first kappa shape index (κ1) is 14.4. The van der Waals surface area contributed by atoms with Crippen molar-refractivity contribution >= 4 is 16.5 Å². The number of thiazole rings is 1. The second-order valence-corrected chi connectivity index (χ2v) is 6.53. The van der Waals surface area contributed by atoms with E-state index in [-0.39, 0.29) is 0 Å². The van der Waals surface area contributed by atoms with Gasteiger partial charge >= 0.3 is 0 Å². The summed E-state index contributed by atoms with van der Waals surface area (Å²) in [7, 11) is 1.73. The second-order valence-electron chi connectivity index (χ2n) is 5.66. The lowest BCUT2D eigenvalue weighted by Crippen LogP contribution is -2.35. The van der Waals surface area contributed by atoms with Crippen LogP contribution in [0.15, 0.2) is 35.8 Å². The lowest BCUT2D eigenvalue weighted by Gasteiger charge is -2.32. The van der Waals surface area contributed by atoms with E-state index in [1.807, 2.05) is 12.3 Å². The van der Waals surface area contributed by atoms with Crippen LogP contribution in [0.25, 0.3) is 0 Å². The van der Waals surface area contributed by atoms with Crippen molar-refractivity contribution in [2.75, 3.05) is 25.1 Å². The highest BCUT2D eigenvalue weighted by atomic mass is 32.1. The first-order chi connectivity index (χ1) is 10.3. The highest BCUT2D eigenvalue weighted by Gasteiger charge is 2.21. The van der Waals surface area contributed by atoms with Gasteiger partial charge in [-0.2, -0.15) is 0 Å². The Labute approximate surface area is 130 Å². The number of benzene rings is 1. The minimum Gasteiger partial charge on any atom is -0.497 e. The number of aryl methyl sites for hydroxylation is 1. The fourth-order valence-corrected chi connectivity index (χ4v) is 3.73. The molecule has 1 saturated heterocycles. The minimum atomic E-state index is 0.772. The third-order valence-electron chi connectivity index (χ3n) is 4.18. The van der Waals surface area contributed by atoms with Crippen LogP contribution in [0.3, 0.4) is 0 Å². The molecule has 3 rings (SSSR count). The molecule has 0 radical (unpaired) electrons. The Balaban J connectivity index is 1.55. The zero-order chi connectivity index (χ0) is 14.5. The molecule has 1 aromatic heterocycles. The molecular formula is C17H22N2OS. The highest BCUT2D eigenvalue weighted by molar-refractivity contribution is 7.13. The number of nitrogens with zero attached hydrogens (tertiary/aromatic N) is 2. The molecule has 112 valence electrons. The zero-order valence-corrected chi connectivity index (χ0v) is 13.3. The maximum Gasteiger partial charge on any atom is 0.185 e. The maximum atomic E-state index is 5.30. The van der Waals surface area contributed by atoms with Gasteiger partial charge in [0.05, 0.1) is 7.11 Å². The molecule has 0 saturated carbocycles. The normalized spacial score (nSPS) is 18.7. The van der Waals surface area contributed by atoms with Crippen molar-refractivity contribution in [1.82, 2.24) is 4.98 Å². The first-order valence-corrected chi connectivity index (χ1v) is 8.50. The van der Waals surface area contributed by atoms with Crippen molar-refractivity contribution in [1.29, 1.82) is 0 Å². The van der Waals surface area contributed by atoms with E-state index in [1.165, 1.54) is 30.0 Å². The zero-order valence-electron chi connectivity index (χ0n) is 12.5. The molecule has 2 heterocycles. The van der Waals surface area contributed by atoms with Crippen molar-refractivity contribution in [3.63, 3.8) is 0 Å². The molecule has 4 heteroatoms. The van der Waals surface area contributed by atoms with Crippen LogP contribution in [0, 0.1) is 5.92 Å². The number of ether oxygens (including phenoxy) is 1. The van der Waals surface area contributed by atoms with Crippen LogP contribution in [0.1, 0.15) is 24.8 Å². The van der Waals surface area contributed by atoms with Crippen molar-refractivity contribution in [3.8, 4) is 5.75 Å². The molecule has 3 nitrogen and oxygen atoms in total. The summed E-state index contributed by atoms with van der Waals surface area (Å²) in [5.41, 5.74) is 1.38. The molecule has 1 aromatic carbocycles. The Hall–Kier alpha value is -1.55. The smallest absolute Gasteiger partial charge is 0.185 e. The van der Waals surface area contributed by atoms with Gasteiger partial charge in [-0.25, -0.2) is 4.98 Å². The van der Waals surface area contributed by atoms with Crippen LogP contribution in [0.2, 0.25) is 0 Å². The Morgan fingerprint density at radius 3 is 3.19 bits per heavy atom. The lowest BCUT2D eigenvalue weighted by atomic mass is 9.92. The number of aromatic nitrogens is 1. The molecule has 0 spiro atoms. The molecule has 0 N–H and O–H groups in total. The fraction of sp³-hybridized carbons (Fsp3) is 0.471. The summed E-state index contributed by atoms with van der Waals surface area (Å²) >= 11 is 1.75. The van der Waals surface area contributed by atoms with Crippen molar-refractivity contribution in [2.24, 2.45) is 5.92 Å². The molecule has 1 fully saturated rings. The van der Waals surface area contributed by atoms with Crippen LogP contribution in [-0.2, 0) is 6.42 Å². The van der Waals surface area contributed by atoms with Gasteiger partial charge in [0, 0.05) is 24.7 Å². The van der Waals surface area contributed by atoms with E-state index in [4.69, 9.17) is 4.74 Å². The van der Waals surface area contributed by atoms with Crippen LogP contribution < -0.4 is 9.64 Å². The molecule has 2 aromatic rings. The second kappa shape index (κ2) is 6.94. The van der Waals surface area contributed by atoms with Crippen molar-refractivity contribution < 1.29 is 4.74 Å². The van der Waals surface area contributed by atoms with E-state index in [2.05, 4.69) is 33.5 Å². The summed E-state index contributed by atoms with van der Waals surface area (Å²) in [4.78, 5) is 6.89. The molecule has 1 atom stereocenters. The van der Waals surface area contributed by atoms with Gasteiger partial charge in [0.15, 0.2) is 5.13 Å². The van der Waals surface area contributed by atoms with E-state index in [1.54, 1.807) is 18.4 Å². The number of piperidine rings is 1. The summed E-state index contributed by atoms with van der Waals surface area (Å²) in [5.74, 6) is 1.73. The average molecular weight is 302 g/mol. The number of anilines is 1. The van der Waals surface area contributed by atoms with Crippen LogP contribution >= 0.6 is 11.3 Å². The van der Waals surface area contributed by atoms with Gasteiger partial charge in [0.2, 0.25) is 0 Å². The van der Waals surface area contributed by atoms with E-state index in [0.29, 0.717) is 0 Å². The predicted octanol–water partition coefficient (Wildman–Crippen LogP) is 4.00. The van der Waals surface area contributed by atoms with Crippen molar-refractivity contribution in [3.05, 3.63) is 41.4 Å². The topological polar surface area (TPSA) is 25.4 Å². The van der Waals surface area contributed by atoms with Gasteiger partial charge in [-0.1, -0.05) is 12.1 Å². The quantitative estimate of drug-likeness (QED) is 0.834. The molecular weight excluding hydrogens is 280 g/mol. The summed E-state index contributed by atoms with van der Waals surface area (Å²) in [5, 5.41) is 3.25. The minimum absolute atomic E-state index is 0.772. The van der Waals surface area contributed by atoms with Crippen molar-refractivity contribution in [2.45, 2.75) is 25.7 Å². The standard InChI is InChI=1S/C17H22N2OS/c1-20-16-6-2-4-14(12-16)7-8-15-5-3-10-19(13-15)17-18-9-11-21-17/h2,4,6,9,11-12,15H,3,5,7-8,10,13H2,1H3. The fourth-order valence-electron chi connectivity index (χ4n) is 3.05. The molecule has 1 aliphatic rings. The number of methoxy groups -OCH3 is 1. The number of hydrogen-bond donors (Lipinski definition) is 0. The van der Waals surface area contributed by atoms with E-state index in [9.17, 15) is 0 Å². The first-order valence-electron chi connectivity index (χ1n) is 7.62. The summed E-state index contributed by atoms with van der Waals surface area (Å²) < 4.78 is 5.30. The maximum absolute atomic E-state index is 5.30. The van der Waals surface area contributed by atoms with Crippen LogP contribution in [-0.4, -0.2) is 25.2 Å². The molecule has 0 bridgehead atoms. The van der Waals surface area contributed by atoms with Gasteiger partial charge in [-0.05, 0) is 49.3 Å². The molecule has 0 amide bonds. The van der Waals surface area contributed by atoms with Crippen LogP contribution in [0.5, 0.6) is 5.75 Å². The van der Waals surface area contributed by atoms with Gasteiger partial charge in [0.1, 0.15) is 5.75 Å². The van der Waals surface area contributed by atoms with E-state index < -0.39 is 0 Å². The van der Waals surface area contributed by atoms with Gasteiger partial charge in [-0.3, -0.25) is 0 Å². The van der Waals surface area contributed by atoms with Crippen LogP contribution in [0.4, 0.5) is 5.13 Å². The van der Waals surface area contributed by atoms with Gasteiger partial charge in [0.25, 0.3) is 0 Å². The third-order valence-corrected chi connectivity index (χ3v) is 5.02. The predicted molar refractivity (Wildman–Crippen MR) is 88.4 cm³/mol. The van der Waals surface area contributed by atoms with Gasteiger partial charge in [-0.15, -0.1) is 11.3 Å². The van der Waals surface area contributed by atoms with E-state index >= 15 is 0 Å². The number of hydrogen-bond acceptors (Lipinski definition) is 4. The Bertz CT molecular complexity index is 556. The Kier molecular flexibility index (Phi) is 4.76. The Morgan fingerprint density at radius 1 is 1.43 bits per heavy atom. The average Bonchev–Trinajstić information content (AvgIpc) is 3.08. The summed E-state index contributed by atoms with van der Waals surface area (Å²) in [6.07, 6.45) is 6.90. The molecule has 1 unspecified atom stereocenters.